The summed E-state index contributed by atoms with van der Waals surface area (Å²) in [6.07, 6.45) is 4.30. The molecule has 0 aliphatic carbocycles. The molecule has 0 bridgehead atoms. The second kappa shape index (κ2) is 7.16. The Morgan fingerprint density at radius 1 is 1.70 bits per heavy atom. The third-order valence-corrected chi connectivity index (χ3v) is 0.803. The molecule has 1 aromatic rings. The summed E-state index contributed by atoms with van der Waals surface area (Å²) in [6.45, 7) is 0. The molecule has 0 unspecified atom stereocenters. The van der Waals surface area contributed by atoms with Gasteiger partial charge in [0.15, 0.2) is 0 Å². The molecule has 1 rings (SSSR count). The van der Waals surface area contributed by atoms with Crippen molar-refractivity contribution in [2.24, 2.45) is 0 Å². The molecule has 0 saturated heterocycles. The van der Waals surface area contributed by atoms with Crippen molar-refractivity contribution in [3.8, 4) is 5.75 Å². The molecule has 0 aliphatic heterocycles. The van der Waals surface area contributed by atoms with Crippen molar-refractivity contribution < 1.29 is 21.1 Å². The molecule has 0 aliphatic rings. The van der Waals surface area contributed by atoms with Gasteiger partial charge in [0.2, 0.25) is 0 Å². The molecular weight excluding hydrogens is 247 g/mol. The molecule has 4 heteroatoms. The van der Waals surface area contributed by atoms with Crippen LogP contribution in [0.2, 0.25) is 0 Å². The predicted octanol–water partition coefficient (Wildman–Crippen LogP) is 1.73. The average molecular weight is 253 g/mol. The van der Waals surface area contributed by atoms with Gasteiger partial charge in [0.25, 0.3) is 0 Å². The van der Waals surface area contributed by atoms with Crippen LogP contribution in [0.1, 0.15) is 0 Å². The Kier molecular flexibility index (Phi) is 7.20. The van der Waals surface area contributed by atoms with E-state index >= 15 is 0 Å². The molecule has 0 amide bonds. The third kappa shape index (κ3) is 3.96. The SMILES string of the molecule is COc1[c-]nccc1.[Zn+][Br]. The first-order chi connectivity index (χ1) is 4.93. The van der Waals surface area contributed by atoms with Crippen LogP contribution in [0.4, 0.5) is 0 Å². The van der Waals surface area contributed by atoms with Crippen LogP contribution in [0, 0.1) is 6.20 Å². The average Bonchev–Trinajstić information content (AvgIpc) is 2.10. The van der Waals surface area contributed by atoms with Crippen LogP contribution in [0.5, 0.6) is 5.75 Å². The van der Waals surface area contributed by atoms with Crippen molar-refractivity contribution >= 4 is 13.6 Å². The van der Waals surface area contributed by atoms with E-state index in [2.05, 4.69) is 24.8 Å². The molecule has 0 spiro atoms. The molecular formula is C6H6BrNOZn. The van der Waals surface area contributed by atoms with Crippen molar-refractivity contribution in [2.45, 2.75) is 0 Å². The number of ether oxygens (including phenoxy) is 1. The summed E-state index contributed by atoms with van der Waals surface area (Å²) in [4.78, 5) is 3.71. The van der Waals surface area contributed by atoms with Crippen LogP contribution in [0.15, 0.2) is 18.3 Å². The van der Waals surface area contributed by atoms with Crippen molar-refractivity contribution in [2.75, 3.05) is 7.11 Å². The quantitative estimate of drug-likeness (QED) is 0.562. The van der Waals surface area contributed by atoms with Gasteiger partial charge in [-0.15, -0.1) is 6.07 Å². The first-order valence-corrected chi connectivity index (χ1v) is 9.52. The van der Waals surface area contributed by atoms with Gasteiger partial charge >= 0.3 is 30.0 Å². The number of nitrogens with zero attached hydrogens (tertiary/aromatic N) is 1. The minimum absolute atomic E-state index is 0.674. The summed E-state index contributed by atoms with van der Waals surface area (Å²) in [5.41, 5.74) is 0. The number of rotatable bonds is 1. The summed E-state index contributed by atoms with van der Waals surface area (Å²) in [7, 11) is 1.59. The van der Waals surface area contributed by atoms with Crippen LogP contribution in [-0.4, -0.2) is 12.1 Å². The third-order valence-electron chi connectivity index (χ3n) is 0.803. The molecule has 0 atom stereocenters. The van der Waals surface area contributed by atoms with Crippen LogP contribution < -0.4 is 4.74 Å². The second-order valence-corrected chi connectivity index (χ2v) is 1.32. The fourth-order valence-electron chi connectivity index (χ4n) is 0.425. The Morgan fingerprint density at radius 2 is 2.40 bits per heavy atom. The Balaban J connectivity index is 0.000000371. The molecule has 10 heavy (non-hydrogen) atoms. The summed E-state index contributed by atoms with van der Waals surface area (Å²) in [6, 6.07) is 3.60. The van der Waals surface area contributed by atoms with Gasteiger partial charge in [-0.05, 0) is 6.20 Å². The summed E-state index contributed by atoms with van der Waals surface area (Å²) < 4.78 is 4.80. The number of halogens is 1. The first kappa shape index (κ1) is 10.1. The summed E-state index contributed by atoms with van der Waals surface area (Å²) in [5, 5.41) is 0. The van der Waals surface area contributed by atoms with Crippen molar-refractivity contribution in [1.29, 1.82) is 0 Å². The van der Waals surface area contributed by atoms with E-state index in [1.807, 2.05) is 0 Å². The zero-order chi connectivity index (χ0) is 7.82. The van der Waals surface area contributed by atoms with Gasteiger partial charge in [-0.2, -0.15) is 6.07 Å². The second-order valence-electron chi connectivity index (χ2n) is 1.32. The Morgan fingerprint density at radius 3 is 2.70 bits per heavy atom. The molecule has 0 aromatic carbocycles. The van der Waals surface area contributed by atoms with E-state index in [4.69, 9.17) is 4.74 Å². The van der Waals surface area contributed by atoms with Gasteiger partial charge in [-0.1, -0.05) is 6.20 Å². The monoisotopic (exact) mass is 251 g/mol. The van der Waals surface area contributed by atoms with Gasteiger partial charge in [0, 0.05) is 5.75 Å². The van der Waals surface area contributed by atoms with E-state index in [9.17, 15) is 0 Å². The minimum atomic E-state index is 0.674. The van der Waals surface area contributed by atoms with Gasteiger partial charge in [0.1, 0.15) is 0 Å². The van der Waals surface area contributed by atoms with E-state index in [0.717, 1.165) is 0 Å². The van der Waals surface area contributed by atoms with E-state index in [-0.39, 0.29) is 0 Å². The zero-order valence-corrected chi connectivity index (χ0v) is 10.2. The maximum atomic E-state index is 4.80. The first-order valence-electron chi connectivity index (χ1n) is 2.57. The Labute approximate surface area is 77.0 Å². The number of pyridine rings is 1. The number of methoxy groups -OCH3 is 1. The van der Waals surface area contributed by atoms with Crippen molar-refractivity contribution in [1.82, 2.24) is 4.98 Å². The topological polar surface area (TPSA) is 22.1 Å². The molecule has 1 aromatic heterocycles. The molecule has 1 heterocycles. The van der Waals surface area contributed by atoms with Crippen LogP contribution >= 0.6 is 13.6 Å². The fraction of sp³-hybridized carbons (Fsp3) is 0.167. The van der Waals surface area contributed by atoms with Crippen molar-refractivity contribution in [3.63, 3.8) is 0 Å². The van der Waals surface area contributed by atoms with Gasteiger partial charge in [0.05, 0.1) is 7.11 Å². The predicted molar refractivity (Wildman–Crippen MR) is 38.6 cm³/mol. The molecule has 0 radical (unpaired) electrons. The Bertz CT molecular complexity index is 159. The van der Waals surface area contributed by atoms with Crippen LogP contribution in [0.25, 0.3) is 0 Å². The standard InChI is InChI=1S/C6H6NO.BrH.Zn/c1-8-6-3-2-4-7-5-6;;/h2-4H,1H3;1H;/q-1;;+2/p-1. The van der Waals surface area contributed by atoms with E-state index in [1.165, 1.54) is 16.3 Å². The van der Waals surface area contributed by atoms with Crippen molar-refractivity contribution in [3.05, 3.63) is 24.5 Å². The summed E-state index contributed by atoms with van der Waals surface area (Å²) >= 11 is 4.25. The van der Waals surface area contributed by atoms with Gasteiger partial charge in [-0.25, -0.2) is 0 Å². The molecule has 0 saturated carbocycles. The van der Waals surface area contributed by atoms with E-state index in [1.54, 1.807) is 25.4 Å². The zero-order valence-electron chi connectivity index (χ0n) is 5.67. The number of hydrogen-bond donors (Lipinski definition) is 0. The fourth-order valence-corrected chi connectivity index (χ4v) is 0.425. The Hall–Kier alpha value is 0.0534. The number of aromatic nitrogens is 1. The molecule has 50 valence electrons. The normalized spacial score (nSPS) is 7.60. The van der Waals surface area contributed by atoms with Crippen LogP contribution in [-0.2, 0) is 16.3 Å². The van der Waals surface area contributed by atoms with Gasteiger partial charge < -0.3 is 9.72 Å². The molecule has 0 fully saturated rings. The number of hydrogen-bond acceptors (Lipinski definition) is 2. The molecule has 0 N–H and O–H groups in total. The van der Waals surface area contributed by atoms with E-state index in [0.29, 0.717) is 5.75 Å². The van der Waals surface area contributed by atoms with Gasteiger partial charge in [-0.3, -0.25) is 0 Å². The van der Waals surface area contributed by atoms with E-state index < -0.39 is 0 Å². The maximum absolute atomic E-state index is 4.80. The van der Waals surface area contributed by atoms with Crippen LogP contribution in [0.3, 0.4) is 0 Å². The summed E-state index contributed by atoms with van der Waals surface area (Å²) in [5.74, 6) is 0.674. The molecule has 2 nitrogen and oxygen atoms in total.